The Kier molecular flexibility index (Phi) is 6.74. The van der Waals surface area contributed by atoms with Crippen molar-refractivity contribution in [3.63, 3.8) is 0 Å². The van der Waals surface area contributed by atoms with E-state index in [-0.39, 0.29) is 30.5 Å². The Morgan fingerprint density at radius 2 is 1.82 bits per heavy atom. The van der Waals surface area contributed by atoms with Crippen molar-refractivity contribution < 1.29 is 9.59 Å². The van der Waals surface area contributed by atoms with Gasteiger partial charge >= 0.3 is 6.03 Å². The molecule has 2 aromatic heterocycles. The van der Waals surface area contributed by atoms with Crippen LogP contribution in [0.15, 0.2) is 65.0 Å². The predicted octanol–water partition coefficient (Wildman–Crippen LogP) is 4.19. The molecule has 174 valence electrons. The van der Waals surface area contributed by atoms with Gasteiger partial charge in [0.05, 0.1) is 17.8 Å². The van der Waals surface area contributed by atoms with E-state index in [0.717, 1.165) is 22.3 Å². The summed E-state index contributed by atoms with van der Waals surface area (Å²) in [6.07, 6.45) is 1.64. The van der Waals surface area contributed by atoms with Crippen molar-refractivity contribution >= 4 is 39.2 Å². The molecule has 4 aromatic rings. The number of hydrogen-bond acceptors (Lipinski definition) is 5. The van der Waals surface area contributed by atoms with E-state index in [2.05, 4.69) is 15.6 Å². The van der Waals surface area contributed by atoms with Crippen LogP contribution in [-0.4, -0.2) is 21.5 Å². The van der Waals surface area contributed by atoms with E-state index in [1.54, 1.807) is 12.1 Å². The van der Waals surface area contributed by atoms with Crippen molar-refractivity contribution in [3.05, 3.63) is 81.7 Å². The van der Waals surface area contributed by atoms with Crippen LogP contribution in [0.2, 0.25) is 0 Å². The number of aryl methyl sites for hydroxylation is 2. The summed E-state index contributed by atoms with van der Waals surface area (Å²) in [5.74, 6) is -0.178. The molecule has 0 spiro atoms. The van der Waals surface area contributed by atoms with Crippen LogP contribution in [0.25, 0.3) is 21.3 Å². The molecule has 0 radical (unpaired) electrons. The van der Waals surface area contributed by atoms with Crippen LogP contribution in [0.5, 0.6) is 0 Å². The highest BCUT2D eigenvalue weighted by molar-refractivity contribution is 7.17. The summed E-state index contributed by atoms with van der Waals surface area (Å²) < 4.78 is 1.49. The second-order valence-corrected chi connectivity index (χ2v) is 8.95. The number of nitrogens with zero attached hydrogens (tertiary/aromatic N) is 2. The number of carbonyl (C=O) groups excluding carboxylic acids is 2. The molecule has 4 rings (SSSR count). The van der Waals surface area contributed by atoms with Crippen LogP contribution < -0.4 is 21.9 Å². The van der Waals surface area contributed by atoms with Gasteiger partial charge in [0.2, 0.25) is 5.91 Å². The lowest BCUT2D eigenvalue weighted by molar-refractivity contribution is -0.121. The number of anilines is 1. The molecule has 2 heterocycles. The lowest BCUT2D eigenvalue weighted by Crippen LogP contribution is -2.29. The number of fused-ring (bicyclic) bond motifs is 1. The molecule has 9 heteroatoms. The van der Waals surface area contributed by atoms with Gasteiger partial charge in [0.1, 0.15) is 4.83 Å². The Morgan fingerprint density at radius 1 is 1.12 bits per heavy atom. The van der Waals surface area contributed by atoms with Crippen LogP contribution in [0.3, 0.4) is 0 Å². The molecule has 0 fully saturated rings. The molecule has 0 aliphatic carbocycles. The maximum atomic E-state index is 13.2. The predicted molar refractivity (Wildman–Crippen MR) is 135 cm³/mol. The summed E-state index contributed by atoms with van der Waals surface area (Å²) in [6, 6.07) is 14.2. The summed E-state index contributed by atoms with van der Waals surface area (Å²) in [7, 11) is 0. The number of rotatable bonds is 7. The molecule has 8 nitrogen and oxygen atoms in total. The number of thiophene rings is 1. The quantitative estimate of drug-likeness (QED) is 0.371. The number of primary amides is 1. The van der Waals surface area contributed by atoms with E-state index in [4.69, 9.17) is 5.73 Å². The maximum absolute atomic E-state index is 13.2. The van der Waals surface area contributed by atoms with Crippen molar-refractivity contribution in [2.24, 2.45) is 5.73 Å². The molecule has 2 aromatic carbocycles. The highest BCUT2D eigenvalue weighted by Crippen LogP contribution is 2.30. The number of benzene rings is 2. The van der Waals surface area contributed by atoms with Crippen LogP contribution in [0.4, 0.5) is 10.5 Å². The minimum atomic E-state index is -0.634. The third-order valence-corrected chi connectivity index (χ3v) is 6.45. The van der Waals surface area contributed by atoms with Crippen molar-refractivity contribution in [1.29, 1.82) is 0 Å². The van der Waals surface area contributed by atoms with Gasteiger partial charge in [0.25, 0.3) is 5.56 Å². The molecule has 1 unspecified atom stereocenters. The zero-order valence-corrected chi connectivity index (χ0v) is 19.7. The molecule has 0 saturated carbocycles. The van der Waals surface area contributed by atoms with Crippen LogP contribution >= 0.6 is 11.3 Å². The topological polar surface area (TPSA) is 119 Å². The first-order valence-corrected chi connectivity index (χ1v) is 11.7. The Morgan fingerprint density at radius 3 is 2.50 bits per heavy atom. The highest BCUT2D eigenvalue weighted by Gasteiger charge is 2.15. The molecule has 0 saturated heterocycles. The van der Waals surface area contributed by atoms with E-state index in [0.29, 0.717) is 15.9 Å². The number of aromatic nitrogens is 2. The van der Waals surface area contributed by atoms with Gasteiger partial charge in [0.15, 0.2) is 0 Å². The molecule has 0 aliphatic heterocycles. The summed E-state index contributed by atoms with van der Waals surface area (Å²) in [6.45, 7) is 4.12. The Hall–Kier alpha value is -3.98. The Labute approximate surface area is 200 Å². The van der Waals surface area contributed by atoms with Gasteiger partial charge < -0.3 is 16.4 Å². The van der Waals surface area contributed by atoms with Gasteiger partial charge in [-0.25, -0.2) is 9.78 Å². The Balaban J connectivity index is 1.44. The number of nitrogens with two attached hydrogens (primary N) is 1. The van der Waals surface area contributed by atoms with Crippen molar-refractivity contribution in [2.75, 3.05) is 5.32 Å². The van der Waals surface area contributed by atoms with Gasteiger partial charge in [0, 0.05) is 29.6 Å². The lowest BCUT2D eigenvalue weighted by Gasteiger charge is -2.15. The van der Waals surface area contributed by atoms with Crippen molar-refractivity contribution in [1.82, 2.24) is 14.9 Å². The third kappa shape index (κ3) is 5.15. The van der Waals surface area contributed by atoms with Crippen LogP contribution in [-0.2, 0) is 11.3 Å². The summed E-state index contributed by atoms with van der Waals surface area (Å²) >= 11 is 1.44. The van der Waals surface area contributed by atoms with Gasteiger partial charge in [-0.05, 0) is 37.1 Å². The average Bonchev–Trinajstić information content (AvgIpc) is 3.24. The fourth-order valence-electron chi connectivity index (χ4n) is 3.69. The van der Waals surface area contributed by atoms with Crippen molar-refractivity contribution in [2.45, 2.75) is 32.9 Å². The van der Waals surface area contributed by atoms with E-state index in [9.17, 15) is 14.4 Å². The van der Waals surface area contributed by atoms with Crippen LogP contribution in [0.1, 0.15) is 30.5 Å². The zero-order valence-electron chi connectivity index (χ0n) is 18.9. The first kappa shape index (κ1) is 23.2. The van der Waals surface area contributed by atoms with Gasteiger partial charge in [-0.15, -0.1) is 11.3 Å². The van der Waals surface area contributed by atoms with Gasteiger partial charge in [-0.1, -0.05) is 42.0 Å². The van der Waals surface area contributed by atoms with E-state index >= 15 is 0 Å². The fourth-order valence-corrected chi connectivity index (χ4v) is 4.60. The minimum absolute atomic E-state index is 0.142. The zero-order chi connectivity index (χ0) is 24.2. The minimum Gasteiger partial charge on any atom is -0.351 e. The Bertz CT molecular complexity index is 1390. The molecule has 0 bridgehead atoms. The van der Waals surface area contributed by atoms with Crippen molar-refractivity contribution in [3.8, 4) is 11.1 Å². The molecule has 4 N–H and O–H groups in total. The molecule has 0 aliphatic rings. The smallest absolute Gasteiger partial charge is 0.316 e. The molecule has 34 heavy (non-hydrogen) atoms. The standard InChI is InChI=1S/C25H25N5O3S/c1-15-3-5-18(6-4-15)20-13-34-23-22(20)24(32)30(14-27-23)12-11-21(31)28-16(2)17-7-9-19(10-8-17)29-25(26)33/h3-10,13-14,16H,11-12H2,1-2H3,(H,28,31)(H3,26,29,33). The molecular formula is C25H25N5O3S. The first-order chi connectivity index (χ1) is 16.3. The van der Waals surface area contributed by atoms with E-state index in [1.165, 1.54) is 22.2 Å². The van der Waals surface area contributed by atoms with Gasteiger partial charge in [-0.3, -0.25) is 14.2 Å². The largest absolute Gasteiger partial charge is 0.351 e. The monoisotopic (exact) mass is 475 g/mol. The average molecular weight is 476 g/mol. The summed E-state index contributed by atoms with van der Waals surface area (Å²) in [5.41, 5.74) is 9.40. The number of amides is 3. The second kappa shape index (κ2) is 9.88. The third-order valence-electron chi connectivity index (χ3n) is 5.56. The second-order valence-electron chi connectivity index (χ2n) is 8.09. The SMILES string of the molecule is Cc1ccc(-c2csc3ncn(CCC(=O)NC(C)c4ccc(NC(N)=O)cc4)c(=O)c23)cc1. The highest BCUT2D eigenvalue weighted by atomic mass is 32.1. The molecule has 1 atom stereocenters. The van der Waals surface area contributed by atoms with E-state index < -0.39 is 6.03 Å². The van der Waals surface area contributed by atoms with E-state index in [1.807, 2.05) is 55.6 Å². The van der Waals surface area contributed by atoms with Gasteiger partial charge in [-0.2, -0.15) is 0 Å². The summed E-state index contributed by atoms with van der Waals surface area (Å²) in [4.78, 5) is 41.8. The lowest BCUT2D eigenvalue weighted by atomic mass is 10.1. The molecular weight excluding hydrogens is 450 g/mol. The first-order valence-electron chi connectivity index (χ1n) is 10.8. The fraction of sp³-hybridized carbons (Fsp3) is 0.200. The number of nitrogens with one attached hydrogen (secondary N) is 2. The number of carbonyl (C=O) groups is 2. The molecule has 3 amide bonds. The van der Waals surface area contributed by atoms with Crippen LogP contribution in [0, 0.1) is 6.92 Å². The normalized spacial score (nSPS) is 11.8. The number of hydrogen-bond donors (Lipinski definition) is 3. The summed E-state index contributed by atoms with van der Waals surface area (Å²) in [5, 5.41) is 7.96. The number of urea groups is 1. The maximum Gasteiger partial charge on any atom is 0.316 e.